The molecule has 3 aromatic rings. The molecule has 23 heavy (non-hydrogen) atoms. The number of aliphatic carboxylic acids is 1. The molecule has 0 aliphatic heterocycles. The lowest BCUT2D eigenvalue weighted by Gasteiger charge is -2.02. The Morgan fingerprint density at radius 1 is 1.17 bits per heavy atom. The van der Waals surface area contributed by atoms with Crippen LogP contribution in [-0.2, 0) is 11.3 Å². The second-order valence-electron chi connectivity index (χ2n) is 5.06. The van der Waals surface area contributed by atoms with E-state index in [1.807, 2.05) is 0 Å². The van der Waals surface area contributed by atoms with E-state index in [-0.39, 0.29) is 18.0 Å². The standard InChI is InChI=1S/C15H13N5O3/c1-8(21)15-11-3-12(10-4-16-9(2)17-5-10)18-6-13(11)20(19-15)7-14(22)23/h3-6H,7H2,1-2H3,(H,22,23). The van der Waals surface area contributed by atoms with E-state index in [4.69, 9.17) is 5.11 Å². The highest BCUT2D eigenvalue weighted by molar-refractivity contribution is 6.05. The van der Waals surface area contributed by atoms with Crippen molar-refractivity contribution in [3.63, 3.8) is 0 Å². The number of carbonyl (C=O) groups excluding carboxylic acids is 1. The zero-order valence-corrected chi connectivity index (χ0v) is 12.5. The minimum atomic E-state index is -1.04. The molecular formula is C15H13N5O3. The predicted octanol–water partition coefficient (Wildman–Crippen LogP) is 1.48. The molecule has 3 aromatic heterocycles. The summed E-state index contributed by atoms with van der Waals surface area (Å²) in [4.78, 5) is 35.3. The highest BCUT2D eigenvalue weighted by Crippen LogP contribution is 2.24. The van der Waals surface area contributed by atoms with Gasteiger partial charge in [0.1, 0.15) is 18.1 Å². The molecule has 0 aliphatic rings. The van der Waals surface area contributed by atoms with Gasteiger partial charge in [-0.2, -0.15) is 5.10 Å². The quantitative estimate of drug-likeness (QED) is 0.726. The molecule has 8 nitrogen and oxygen atoms in total. The minimum Gasteiger partial charge on any atom is -0.480 e. The SMILES string of the molecule is CC(=O)c1nn(CC(=O)O)c2cnc(-c3cnc(C)nc3)cc12. The molecule has 1 N–H and O–H groups in total. The molecule has 3 rings (SSSR count). The van der Waals surface area contributed by atoms with Crippen molar-refractivity contribution in [3.8, 4) is 11.3 Å². The maximum Gasteiger partial charge on any atom is 0.325 e. The van der Waals surface area contributed by atoms with E-state index in [2.05, 4.69) is 20.1 Å². The molecule has 0 aromatic carbocycles. The third kappa shape index (κ3) is 2.78. The Labute approximate surface area is 130 Å². The first-order valence-electron chi connectivity index (χ1n) is 6.84. The van der Waals surface area contributed by atoms with Gasteiger partial charge in [-0.15, -0.1) is 0 Å². The second kappa shape index (κ2) is 5.56. The number of hydrogen-bond donors (Lipinski definition) is 1. The van der Waals surface area contributed by atoms with Crippen molar-refractivity contribution >= 4 is 22.7 Å². The summed E-state index contributed by atoms with van der Waals surface area (Å²) in [6.45, 7) is 2.84. The fourth-order valence-corrected chi connectivity index (χ4v) is 2.26. The van der Waals surface area contributed by atoms with Crippen LogP contribution in [0.3, 0.4) is 0 Å². The Balaban J connectivity index is 2.18. The molecule has 0 spiro atoms. The van der Waals surface area contributed by atoms with Gasteiger partial charge in [0.2, 0.25) is 0 Å². The summed E-state index contributed by atoms with van der Waals surface area (Å²) >= 11 is 0. The van der Waals surface area contributed by atoms with Gasteiger partial charge >= 0.3 is 5.97 Å². The van der Waals surface area contributed by atoms with Crippen LogP contribution in [0.25, 0.3) is 22.2 Å². The van der Waals surface area contributed by atoms with Crippen LogP contribution < -0.4 is 0 Å². The molecule has 8 heteroatoms. The molecule has 0 bridgehead atoms. The van der Waals surface area contributed by atoms with Crippen LogP contribution >= 0.6 is 0 Å². The number of hydrogen-bond acceptors (Lipinski definition) is 6. The molecule has 0 unspecified atom stereocenters. The van der Waals surface area contributed by atoms with Gasteiger partial charge in [-0.05, 0) is 13.0 Å². The maximum atomic E-state index is 11.8. The molecule has 0 amide bonds. The Bertz CT molecular complexity index is 915. The maximum absolute atomic E-state index is 11.8. The van der Waals surface area contributed by atoms with Gasteiger partial charge in [0.05, 0.1) is 17.4 Å². The van der Waals surface area contributed by atoms with E-state index >= 15 is 0 Å². The minimum absolute atomic E-state index is 0.220. The van der Waals surface area contributed by atoms with Gasteiger partial charge in [0, 0.05) is 30.3 Å². The summed E-state index contributed by atoms with van der Waals surface area (Å²) in [5, 5.41) is 13.6. The number of pyridine rings is 1. The normalized spacial score (nSPS) is 10.9. The van der Waals surface area contributed by atoms with E-state index in [1.54, 1.807) is 25.4 Å². The number of carboxylic acid groups (broad SMARTS) is 1. The number of ketones is 1. The zero-order chi connectivity index (χ0) is 16.6. The molecule has 0 saturated heterocycles. The smallest absolute Gasteiger partial charge is 0.325 e. The van der Waals surface area contributed by atoms with E-state index in [0.717, 1.165) is 0 Å². The summed E-state index contributed by atoms with van der Waals surface area (Å²) in [5.74, 6) is -0.634. The summed E-state index contributed by atoms with van der Waals surface area (Å²) < 4.78 is 1.26. The highest BCUT2D eigenvalue weighted by Gasteiger charge is 2.17. The summed E-state index contributed by atoms with van der Waals surface area (Å²) in [6, 6.07) is 1.70. The molecule has 0 fully saturated rings. The molecule has 0 atom stereocenters. The lowest BCUT2D eigenvalue weighted by Crippen LogP contribution is -2.10. The van der Waals surface area contributed by atoms with Crippen molar-refractivity contribution < 1.29 is 14.7 Å². The largest absolute Gasteiger partial charge is 0.480 e. The number of aryl methyl sites for hydroxylation is 1. The summed E-state index contributed by atoms with van der Waals surface area (Å²) in [6.07, 6.45) is 4.80. The van der Waals surface area contributed by atoms with E-state index in [0.29, 0.717) is 28.0 Å². The second-order valence-corrected chi connectivity index (χ2v) is 5.06. The van der Waals surface area contributed by atoms with Crippen molar-refractivity contribution in [2.75, 3.05) is 0 Å². The van der Waals surface area contributed by atoms with Crippen molar-refractivity contribution in [1.29, 1.82) is 0 Å². The van der Waals surface area contributed by atoms with Crippen molar-refractivity contribution in [2.24, 2.45) is 0 Å². The van der Waals surface area contributed by atoms with Crippen LogP contribution in [0.15, 0.2) is 24.7 Å². The lowest BCUT2D eigenvalue weighted by atomic mass is 10.1. The molecule has 0 saturated carbocycles. The number of carbonyl (C=O) groups is 2. The average molecular weight is 311 g/mol. The molecule has 116 valence electrons. The topological polar surface area (TPSA) is 111 Å². The van der Waals surface area contributed by atoms with Crippen LogP contribution in [0.5, 0.6) is 0 Å². The summed E-state index contributed by atoms with van der Waals surface area (Å²) in [5.41, 5.74) is 2.01. The Kier molecular flexibility index (Phi) is 3.57. The Hall–Kier alpha value is -3.16. The number of fused-ring (bicyclic) bond motifs is 1. The molecular weight excluding hydrogens is 298 g/mol. The van der Waals surface area contributed by atoms with Crippen LogP contribution in [0, 0.1) is 6.92 Å². The fraction of sp³-hybridized carbons (Fsp3) is 0.200. The summed E-state index contributed by atoms with van der Waals surface area (Å²) in [7, 11) is 0. The van der Waals surface area contributed by atoms with Crippen LogP contribution in [-0.4, -0.2) is 41.6 Å². The molecule has 3 heterocycles. The first kappa shape index (κ1) is 14.8. The lowest BCUT2D eigenvalue weighted by molar-refractivity contribution is -0.137. The van der Waals surface area contributed by atoms with Crippen molar-refractivity contribution in [2.45, 2.75) is 20.4 Å². The van der Waals surface area contributed by atoms with Crippen molar-refractivity contribution in [1.82, 2.24) is 24.7 Å². The number of aromatic nitrogens is 5. The zero-order valence-electron chi connectivity index (χ0n) is 12.5. The number of nitrogens with zero attached hydrogens (tertiary/aromatic N) is 5. The first-order valence-corrected chi connectivity index (χ1v) is 6.84. The number of carboxylic acids is 1. The fourth-order valence-electron chi connectivity index (χ4n) is 2.26. The van der Waals surface area contributed by atoms with Crippen LogP contribution in [0.2, 0.25) is 0 Å². The van der Waals surface area contributed by atoms with Gasteiger partial charge in [0.15, 0.2) is 5.78 Å². The third-order valence-corrected chi connectivity index (χ3v) is 3.33. The van der Waals surface area contributed by atoms with E-state index in [1.165, 1.54) is 17.8 Å². The van der Waals surface area contributed by atoms with Gasteiger partial charge in [-0.3, -0.25) is 19.3 Å². The number of rotatable bonds is 4. The third-order valence-electron chi connectivity index (χ3n) is 3.33. The van der Waals surface area contributed by atoms with E-state index in [9.17, 15) is 9.59 Å². The average Bonchev–Trinajstić information content (AvgIpc) is 2.85. The monoisotopic (exact) mass is 311 g/mol. The van der Waals surface area contributed by atoms with E-state index < -0.39 is 5.97 Å². The van der Waals surface area contributed by atoms with Gasteiger partial charge in [-0.1, -0.05) is 0 Å². The van der Waals surface area contributed by atoms with Crippen molar-refractivity contribution in [3.05, 3.63) is 36.2 Å². The van der Waals surface area contributed by atoms with Crippen LogP contribution in [0.4, 0.5) is 0 Å². The number of Topliss-reactive ketones (excluding diaryl/α,β-unsaturated/α-hetero) is 1. The van der Waals surface area contributed by atoms with Gasteiger partial charge < -0.3 is 5.11 Å². The van der Waals surface area contributed by atoms with Gasteiger partial charge in [0.25, 0.3) is 0 Å². The Morgan fingerprint density at radius 2 is 1.87 bits per heavy atom. The Morgan fingerprint density at radius 3 is 2.48 bits per heavy atom. The molecule has 0 aliphatic carbocycles. The predicted molar refractivity (Wildman–Crippen MR) is 80.9 cm³/mol. The molecule has 0 radical (unpaired) electrons. The highest BCUT2D eigenvalue weighted by atomic mass is 16.4. The first-order chi connectivity index (χ1) is 11.0. The van der Waals surface area contributed by atoms with Crippen LogP contribution in [0.1, 0.15) is 23.2 Å². The van der Waals surface area contributed by atoms with Gasteiger partial charge in [-0.25, -0.2) is 9.97 Å².